The Labute approximate surface area is 130 Å². The second kappa shape index (κ2) is 7.66. The van der Waals surface area contributed by atoms with Gasteiger partial charge in [-0.05, 0) is 31.5 Å². The predicted molar refractivity (Wildman–Crippen MR) is 84.2 cm³/mol. The number of furan rings is 1. The highest BCUT2D eigenvalue weighted by atomic mass is 16.4. The number of hydrogen-bond acceptors (Lipinski definition) is 3. The lowest BCUT2D eigenvalue weighted by Crippen LogP contribution is -2.44. The third kappa shape index (κ3) is 4.63. The number of aliphatic hydroxyl groups is 1. The zero-order valence-electron chi connectivity index (χ0n) is 12.9. The van der Waals surface area contributed by atoms with Crippen LogP contribution < -0.4 is 5.32 Å². The molecule has 1 aromatic carbocycles. The topological polar surface area (TPSA) is 65.7 Å². The molecule has 0 spiro atoms. The minimum absolute atomic E-state index is 0.0338. The van der Waals surface area contributed by atoms with Crippen molar-refractivity contribution in [3.63, 3.8) is 0 Å². The van der Waals surface area contributed by atoms with E-state index in [0.29, 0.717) is 12.3 Å². The summed E-state index contributed by atoms with van der Waals surface area (Å²) in [7, 11) is 0. The average Bonchev–Trinajstić information content (AvgIpc) is 3.01. The highest BCUT2D eigenvalue weighted by Crippen LogP contribution is 2.16. The first-order valence-corrected chi connectivity index (χ1v) is 7.37. The van der Waals surface area contributed by atoms with Gasteiger partial charge < -0.3 is 19.7 Å². The molecule has 0 fully saturated rings. The van der Waals surface area contributed by atoms with Gasteiger partial charge in [0.15, 0.2) is 0 Å². The Balaban J connectivity index is 2.08. The lowest BCUT2D eigenvalue weighted by Gasteiger charge is -2.26. The Morgan fingerprint density at radius 2 is 1.95 bits per heavy atom. The molecule has 0 aliphatic rings. The minimum Gasteiger partial charge on any atom is -0.467 e. The van der Waals surface area contributed by atoms with E-state index in [1.165, 1.54) is 6.26 Å². The molecule has 1 aromatic heterocycles. The highest BCUT2D eigenvalue weighted by molar-refractivity contribution is 5.74. The number of urea groups is 1. The van der Waals surface area contributed by atoms with Crippen LogP contribution in [0.5, 0.6) is 0 Å². The van der Waals surface area contributed by atoms with Gasteiger partial charge in [-0.3, -0.25) is 0 Å². The van der Waals surface area contributed by atoms with E-state index in [1.807, 2.05) is 44.2 Å². The molecular weight excluding hydrogens is 280 g/mol. The van der Waals surface area contributed by atoms with Crippen molar-refractivity contribution in [1.82, 2.24) is 10.2 Å². The first kappa shape index (κ1) is 16.1. The van der Waals surface area contributed by atoms with E-state index in [0.717, 1.165) is 5.56 Å². The Morgan fingerprint density at radius 1 is 1.23 bits per heavy atom. The van der Waals surface area contributed by atoms with Crippen LogP contribution in [-0.4, -0.2) is 28.6 Å². The number of nitrogens with zero attached hydrogens (tertiary/aromatic N) is 1. The van der Waals surface area contributed by atoms with Crippen molar-refractivity contribution >= 4 is 6.03 Å². The van der Waals surface area contributed by atoms with Gasteiger partial charge in [-0.15, -0.1) is 0 Å². The Bertz CT molecular complexity index is 567. The van der Waals surface area contributed by atoms with Crippen LogP contribution in [0.4, 0.5) is 4.79 Å². The maximum Gasteiger partial charge on any atom is 0.317 e. The molecule has 118 valence electrons. The molecule has 2 rings (SSSR count). The zero-order valence-corrected chi connectivity index (χ0v) is 12.9. The monoisotopic (exact) mass is 302 g/mol. The summed E-state index contributed by atoms with van der Waals surface area (Å²) in [6, 6.07) is 12.9. The van der Waals surface area contributed by atoms with Crippen LogP contribution >= 0.6 is 0 Å². The smallest absolute Gasteiger partial charge is 0.317 e. The second-order valence-corrected chi connectivity index (χ2v) is 5.50. The summed E-state index contributed by atoms with van der Waals surface area (Å²) in [6.07, 6.45) is 0.658. The van der Waals surface area contributed by atoms with E-state index in [-0.39, 0.29) is 18.6 Å². The van der Waals surface area contributed by atoms with Crippen LogP contribution in [-0.2, 0) is 6.54 Å². The van der Waals surface area contributed by atoms with Crippen molar-refractivity contribution in [1.29, 1.82) is 0 Å². The molecule has 0 aliphatic carbocycles. The summed E-state index contributed by atoms with van der Waals surface area (Å²) in [5, 5.41) is 13.1. The lowest BCUT2D eigenvalue weighted by molar-refractivity contribution is 0.100. The van der Waals surface area contributed by atoms with Gasteiger partial charge in [0.05, 0.1) is 12.8 Å². The summed E-state index contributed by atoms with van der Waals surface area (Å²) in [5.74, 6) is 0.454. The Kier molecular flexibility index (Phi) is 5.61. The summed E-state index contributed by atoms with van der Waals surface area (Å²) < 4.78 is 5.20. The fourth-order valence-electron chi connectivity index (χ4n) is 2.14. The van der Waals surface area contributed by atoms with Crippen molar-refractivity contribution in [2.24, 2.45) is 0 Å². The highest BCUT2D eigenvalue weighted by Gasteiger charge is 2.21. The summed E-state index contributed by atoms with van der Waals surface area (Å²) in [4.78, 5) is 13.9. The van der Waals surface area contributed by atoms with Gasteiger partial charge in [0.25, 0.3) is 0 Å². The van der Waals surface area contributed by atoms with Crippen molar-refractivity contribution < 1.29 is 14.3 Å². The molecule has 1 heterocycles. The van der Waals surface area contributed by atoms with Gasteiger partial charge in [0.1, 0.15) is 11.9 Å². The summed E-state index contributed by atoms with van der Waals surface area (Å²) in [5.41, 5.74) is 1.01. The molecule has 1 unspecified atom stereocenters. The van der Waals surface area contributed by atoms with Gasteiger partial charge in [0, 0.05) is 12.6 Å². The molecule has 2 N–H and O–H groups in total. The van der Waals surface area contributed by atoms with E-state index in [1.54, 1.807) is 17.0 Å². The van der Waals surface area contributed by atoms with Crippen LogP contribution in [0.15, 0.2) is 53.1 Å². The number of nitrogens with one attached hydrogen (secondary N) is 1. The Hall–Kier alpha value is -2.27. The maximum atomic E-state index is 12.3. The molecule has 1 atom stereocenters. The maximum absolute atomic E-state index is 12.3. The van der Waals surface area contributed by atoms with Crippen molar-refractivity contribution in [2.45, 2.75) is 32.5 Å². The normalized spacial score (nSPS) is 12.2. The van der Waals surface area contributed by atoms with Crippen molar-refractivity contribution in [2.75, 3.05) is 6.54 Å². The van der Waals surface area contributed by atoms with Gasteiger partial charge in [-0.2, -0.15) is 0 Å². The van der Waals surface area contributed by atoms with E-state index >= 15 is 0 Å². The fourth-order valence-corrected chi connectivity index (χ4v) is 2.14. The van der Waals surface area contributed by atoms with Crippen molar-refractivity contribution in [3.8, 4) is 0 Å². The third-order valence-corrected chi connectivity index (χ3v) is 3.18. The summed E-state index contributed by atoms with van der Waals surface area (Å²) in [6.45, 7) is 4.40. The second-order valence-electron chi connectivity index (χ2n) is 5.50. The predicted octanol–water partition coefficient (Wildman–Crippen LogP) is 2.93. The van der Waals surface area contributed by atoms with E-state index in [4.69, 9.17) is 4.42 Å². The number of amides is 2. The number of hydrogen-bond donors (Lipinski definition) is 2. The molecule has 5 nitrogen and oxygen atoms in total. The molecule has 0 aliphatic heterocycles. The third-order valence-electron chi connectivity index (χ3n) is 3.18. The number of rotatable bonds is 6. The van der Waals surface area contributed by atoms with E-state index in [2.05, 4.69) is 5.32 Å². The lowest BCUT2D eigenvalue weighted by atomic mass is 10.2. The first-order chi connectivity index (χ1) is 10.6. The molecular formula is C17H22N2O3. The molecule has 0 saturated heterocycles. The van der Waals surface area contributed by atoms with E-state index in [9.17, 15) is 9.90 Å². The van der Waals surface area contributed by atoms with Crippen LogP contribution in [0.3, 0.4) is 0 Å². The average molecular weight is 302 g/mol. The number of carbonyl (C=O) groups excluding carboxylic acids is 1. The van der Waals surface area contributed by atoms with Crippen LogP contribution in [0.2, 0.25) is 0 Å². The van der Waals surface area contributed by atoms with Crippen LogP contribution in [0.25, 0.3) is 0 Å². The van der Waals surface area contributed by atoms with Gasteiger partial charge in [0.2, 0.25) is 0 Å². The minimum atomic E-state index is -0.850. The SMILES string of the molecule is CC(C)NC(=O)N(Cc1ccccc1)CC(O)c1ccco1. The van der Waals surface area contributed by atoms with Gasteiger partial charge in [-0.1, -0.05) is 30.3 Å². The van der Waals surface area contributed by atoms with E-state index < -0.39 is 6.10 Å². The van der Waals surface area contributed by atoms with Gasteiger partial charge >= 0.3 is 6.03 Å². The molecule has 0 saturated carbocycles. The quantitative estimate of drug-likeness (QED) is 0.862. The van der Waals surface area contributed by atoms with Crippen molar-refractivity contribution in [3.05, 3.63) is 60.1 Å². The fraction of sp³-hybridized carbons (Fsp3) is 0.353. The largest absolute Gasteiger partial charge is 0.467 e. The first-order valence-electron chi connectivity index (χ1n) is 7.37. The standard InChI is InChI=1S/C17H22N2O3/c1-13(2)18-17(21)19(11-14-7-4-3-5-8-14)12-15(20)16-9-6-10-22-16/h3-10,13,15,20H,11-12H2,1-2H3,(H,18,21). The number of benzene rings is 1. The molecule has 5 heteroatoms. The summed E-state index contributed by atoms with van der Waals surface area (Å²) >= 11 is 0. The number of carbonyl (C=O) groups is 1. The van der Waals surface area contributed by atoms with Crippen LogP contribution in [0.1, 0.15) is 31.3 Å². The molecule has 0 radical (unpaired) electrons. The molecule has 2 aromatic rings. The zero-order chi connectivity index (χ0) is 15.9. The molecule has 22 heavy (non-hydrogen) atoms. The van der Waals surface area contributed by atoms with Gasteiger partial charge in [-0.25, -0.2) is 4.79 Å². The number of aliphatic hydroxyl groups excluding tert-OH is 1. The Morgan fingerprint density at radius 3 is 2.55 bits per heavy atom. The molecule has 0 bridgehead atoms. The molecule has 2 amide bonds. The van der Waals surface area contributed by atoms with Crippen LogP contribution in [0, 0.1) is 0 Å².